The van der Waals surface area contributed by atoms with Crippen molar-refractivity contribution in [2.24, 2.45) is 5.92 Å². The molecule has 1 aliphatic rings. The lowest BCUT2D eigenvalue weighted by molar-refractivity contribution is 0.000118. The van der Waals surface area contributed by atoms with Crippen molar-refractivity contribution in [3.8, 4) is 0 Å². The maximum Gasteiger partial charge on any atom is 0.0900 e. The van der Waals surface area contributed by atoms with Gasteiger partial charge in [0.1, 0.15) is 0 Å². The van der Waals surface area contributed by atoms with E-state index in [1.807, 2.05) is 24.3 Å². The Morgan fingerprint density at radius 2 is 2.10 bits per heavy atom. The summed E-state index contributed by atoms with van der Waals surface area (Å²) in [6.45, 7) is 3.50. The SMILES string of the molecule is OCC1CCCN(CC(O)COCc2ccc(Cl)cc2)C1. The van der Waals surface area contributed by atoms with Crippen molar-refractivity contribution in [3.63, 3.8) is 0 Å². The third-order valence-electron chi connectivity index (χ3n) is 3.82. The van der Waals surface area contributed by atoms with E-state index < -0.39 is 6.10 Å². The van der Waals surface area contributed by atoms with E-state index in [0.29, 0.717) is 30.7 Å². The molecule has 0 saturated carbocycles. The zero-order valence-corrected chi connectivity index (χ0v) is 13.0. The van der Waals surface area contributed by atoms with Gasteiger partial charge in [0.25, 0.3) is 0 Å². The second-order valence-corrected chi connectivity index (χ2v) is 6.18. The molecule has 1 aromatic rings. The van der Waals surface area contributed by atoms with Crippen LogP contribution >= 0.6 is 11.6 Å². The standard InChI is InChI=1S/C16H24ClNO3/c17-15-5-3-13(4-6-15)11-21-12-16(20)9-18-7-1-2-14(8-18)10-19/h3-6,14,16,19-20H,1-2,7-12H2. The Morgan fingerprint density at radius 1 is 1.33 bits per heavy atom. The first-order valence-corrected chi connectivity index (χ1v) is 7.88. The summed E-state index contributed by atoms with van der Waals surface area (Å²) in [5.41, 5.74) is 1.05. The molecule has 4 nitrogen and oxygen atoms in total. The van der Waals surface area contributed by atoms with Gasteiger partial charge in [-0.3, -0.25) is 0 Å². The monoisotopic (exact) mass is 313 g/mol. The van der Waals surface area contributed by atoms with E-state index in [4.69, 9.17) is 16.3 Å². The minimum atomic E-state index is -0.491. The molecule has 2 rings (SSSR count). The molecule has 0 radical (unpaired) electrons. The van der Waals surface area contributed by atoms with Gasteiger partial charge in [-0.1, -0.05) is 23.7 Å². The van der Waals surface area contributed by atoms with Crippen LogP contribution in [0, 0.1) is 5.92 Å². The van der Waals surface area contributed by atoms with Gasteiger partial charge in [0.15, 0.2) is 0 Å². The molecule has 2 unspecified atom stereocenters. The molecule has 1 heterocycles. The predicted molar refractivity (Wildman–Crippen MR) is 83.4 cm³/mol. The third-order valence-corrected chi connectivity index (χ3v) is 4.07. The molecule has 1 saturated heterocycles. The molecule has 2 N–H and O–H groups in total. The number of nitrogens with zero attached hydrogens (tertiary/aromatic N) is 1. The van der Waals surface area contributed by atoms with Crippen molar-refractivity contribution >= 4 is 11.6 Å². The van der Waals surface area contributed by atoms with Crippen LogP contribution in [0.4, 0.5) is 0 Å². The highest BCUT2D eigenvalue weighted by atomic mass is 35.5. The number of halogens is 1. The number of aliphatic hydroxyl groups is 2. The number of likely N-dealkylation sites (tertiary alicyclic amines) is 1. The molecule has 21 heavy (non-hydrogen) atoms. The first-order chi connectivity index (χ1) is 10.2. The summed E-state index contributed by atoms with van der Waals surface area (Å²) in [6, 6.07) is 7.51. The number of piperidine rings is 1. The number of aliphatic hydroxyl groups excluding tert-OH is 2. The van der Waals surface area contributed by atoms with Crippen LogP contribution in [0.1, 0.15) is 18.4 Å². The highest BCUT2D eigenvalue weighted by Crippen LogP contribution is 2.16. The van der Waals surface area contributed by atoms with Crippen molar-refractivity contribution in [2.75, 3.05) is 32.8 Å². The van der Waals surface area contributed by atoms with E-state index in [-0.39, 0.29) is 6.61 Å². The highest BCUT2D eigenvalue weighted by Gasteiger charge is 2.21. The predicted octanol–water partition coefficient (Wildman–Crippen LogP) is 1.92. The fourth-order valence-electron chi connectivity index (χ4n) is 2.71. The Kier molecular flexibility index (Phi) is 6.93. The molecule has 2 atom stereocenters. The summed E-state index contributed by atoms with van der Waals surface area (Å²) < 4.78 is 5.55. The molecular formula is C16H24ClNO3. The fourth-order valence-corrected chi connectivity index (χ4v) is 2.84. The first kappa shape index (κ1) is 16.7. The van der Waals surface area contributed by atoms with Gasteiger partial charge in [0, 0.05) is 24.7 Å². The number of hydrogen-bond acceptors (Lipinski definition) is 4. The van der Waals surface area contributed by atoms with E-state index in [2.05, 4.69) is 4.90 Å². The minimum absolute atomic E-state index is 0.236. The second kappa shape index (κ2) is 8.71. The average molecular weight is 314 g/mol. The van der Waals surface area contributed by atoms with Gasteiger partial charge < -0.3 is 19.8 Å². The molecule has 0 amide bonds. The van der Waals surface area contributed by atoms with Crippen molar-refractivity contribution in [2.45, 2.75) is 25.6 Å². The van der Waals surface area contributed by atoms with E-state index >= 15 is 0 Å². The number of ether oxygens (including phenoxy) is 1. The number of rotatable bonds is 7. The van der Waals surface area contributed by atoms with Crippen LogP contribution in [0.3, 0.4) is 0 Å². The normalized spacial score (nSPS) is 21.4. The topological polar surface area (TPSA) is 52.9 Å². The molecule has 5 heteroatoms. The van der Waals surface area contributed by atoms with Crippen LogP contribution in [0.2, 0.25) is 5.02 Å². The van der Waals surface area contributed by atoms with Gasteiger partial charge in [-0.25, -0.2) is 0 Å². The van der Waals surface area contributed by atoms with Crippen LogP contribution in [-0.2, 0) is 11.3 Å². The van der Waals surface area contributed by atoms with Crippen molar-refractivity contribution in [1.82, 2.24) is 4.90 Å². The summed E-state index contributed by atoms with van der Waals surface area (Å²) in [7, 11) is 0. The highest BCUT2D eigenvalue weighted by molar-refractivity contribution is 6.30. The summed E-state index contributed by atoms with van der Waals surface area (Å²) in [6.07, 6.45) is 1.68. The summed E-state index contributed by atoms with van der Waals surface area (Å²) in [4.78, 5) is 2.21. The zero-order chi connectivity index (χ0) is 15.1. The van der Waals surface area contributed by atoms with E-state index in [9.17, 15) is 10.2 Å². The zero-order valence-electron chi connectivity index (χ0n) is 12.2. The number of hydrogen-bond donors (Lipinski definition) is 2. The van der Waals surface area contributed by atoms with Gasteiger partial charge in [-0.05, 0) is 43.0 Å². The molecule has 1 fully saturated rings. The molecule has 1 aromatic carbocycles. The number of benzene rings is 1. The molecule has 0 aromatic heterocycles. The maximum absolute atomic E-state index is 10.0. The van der Waals surface area contributed by atoms with Gasteiger partial charge in [-0.2, -0.15) is 0 Å². The lowest BCUT2D eigenvalue weighted by Gasteiger charge is -2.33. The van der Waals surface area contributed by atoms with E-state index in [1.54, 1.807) is 0 Å². The van der Waals surface area contributed by atoms with Gasteiger partial charge in [-0.15, -0.1) is 0 Å². The number of β-amino-alcohol motifs (C(OH)–C–C–N with tert-alkyl or cyclic N) is 1. The Labute approximate surface area is 131 Å². The van der Waals surface area contributed by atoms with Crippen molar-refractivity contribution in [3.05, 3.63) is 34.9 Å². The smallest absolute Gasteiger partial charge is 0.0900 e. The van der Waals surface area contributed by atoms with Crippen LogP contribution < -0.4 is 0 Å². The molecule has 1 aliphatic heterocycles. The van der Waals surface area contributed by atoms with Crippen molar-refractivity contribution in [1.29, 1.82) is 0 Å². The molecule has 0 aliphatic carbocycles. The van der Waals surface area contributed by atoms with E-state index in [1.165, 1.54) is 0 Å². The Bertz CT molecular complexity index is 412. The van der Waals surface area contributed by atoms with Crippen molar-refractivity contribution < 1.29 is 14.9 Å². The third kappa shape index (κ3) is 5.93. The maximum atomic E-state index is 10.0. The summed E-state index contributed by atoms with van der Waals surface area (Å²) in [5, 5.41) is 19.9. The van der Waals surface area contributed by atoms with Crippen LogP contribution in [0.25, 0.3) is 0 Å². The van der Waals surface area contributed by atoms with Gasteiger partial charge in [0.05, 0.1) is 19.3 Å². The fraction of sp³-hybridized carbons (Fsp3) is 0.625. The van der Waals surface area contributed by atoms with Crippen LogP contribution in [0.5, 0.6) is 0 Å². The van der Waals surface area contributed by atoms with Crippen LogP contribution in [0.15, 0.2) is 24.3 Å². The van der Waals surface area contributed by atoms with Gasteiger partial charge in [0.2, 0.25) is 0 Å². The quantitative estimate of drug-likeness (QED) is 0.807. The lowest BCUT2D eigenvalue weighted by Crippen LogP contribution is -2.42. The Morgan fingerprint density at radius 3 is 2.81 bits per heavy atom. The summed E-state index contributed by atoms with van der Waals surface area (Å²) in [5.74, 6) is 0.348. The molecular weight excluding hydrogens is 290 g/mol. The van der Waals surface area contributed by atoms with E-state index in [0.717, 1.165) is 31.5 Å². The average Bonchev–Trinajstić information content (AvgIpc) is 2.49. The largest absolute Gasteiger partial charge is 0.396 e. The molecule has 0 bridgehead atoms. The molecule has 0 spiro atoms. The minimum Gasteiger partial charge on any atom is -0.396 e. The first-order valence-electron chi connectivity index (χ1n) is 7.51. The second-order valence-electron chi connectivity index (χ2n) is 5.75. The Balaban J connectivity index is 1.65. The Hall–Kier alpha value is -0.650. The molecule has 118 valence electrons. The summed E-state index contributed by atoms with van der Waals surface area (Å²) >= 11 is 5.82. The van der Waals surface area contributed by atoms with Gasteiger partial charge >= 0.3 is 0 Å². The lowest BCUT2D eigenvalue weighted by atomic mass is 9.99. The van der Waals surface area contributed by atoms with Crippen LogP contribution in [-0.4, -0.2) is 54.1 Å².